The molecule has 0 radical (unpaired) electrons. The number of carbonyl (C=O) groups is 2. The monoisotopic (exact) mass is 308 g/mol. The molecule has 7 nitrogen and oxygen atoms in total. The third kappa shape index (κ3) is 4.54. The van der Waals surface area contributed by atoms with Crippen LogP contribution in [0.3, 0.4) is 0 Å². The summed E-state index contributed by atoms with van der Waals surface area (Å²) in [6.45, 7) is 6.27. The molecule has 0 bridgehead atoms. The van der Waals surface area contributed by atoms with E-state index in [1.54, 1.807) is 11.8 Å². The van der Waals surface area contributed by atoms with Crippen LogP contribution in [0.5, 0.6) is 0 Å². The second-order valence-electron chi connectivity index (χ2n) is 5.59. The van der Waals surface area contributed by atoms with Gasteiger partial charge in [-0.25, -0.2) is 0 Å². The first kappa shape index (κ1) is 16.5. The van der Waals surface area contributed by atoms with Crippen molar-refractivity contribution in [2.45, 2.75) is 46.0 Å². The quantitative estimate of drug-likeness (QED) is 0.812. The van der Waals surface area contributed by atoms with E-state index in [0.717, 1.165) is 25.8 Å². The lowest BCUT2D eigenvalue weighted by molar-refractivity contribution is -0.132. The number of amides is 2. The van der Waals surface area contributed by atoms with Gasteiger partial charge in [-0.05, 0) is 12.8 Å². The molecule has 0 atom stereocenters. The SMILES string of the molecule is CCCc1noc(CCC(=O)N2CCCN(C(C)=O)CC2)n1. The van der Waals surface area contributed by atoms with Crippen LogP contribution < -0.4 is 0 Å². The molecular weight excluding hydrogens is 284 g/mol. The molecule has 7 heteroatoms. The first-order valence-corrected chi connectivity index (χ1v) is 7.95. The predicted octanol–water partition coefficient (Wildman–Crippen LogP) is 1.04. The van der Waals surface area contributed by atoms with Crippen molar-refractivity contribution >= 4 is 11.8 Å². The van der Waals surface area contributed by atoms with Gasteiger partial charge in [0, 0.05) is 52.4 Å². The van der Waals surface area contributed by atoms with Gasteiger partial charge in [0.1, 0.15) is 0 Å². The minimum absolute atomic E-state index is 0.0728. The van der Waals surface area contributed by atoms with E-state index in [0.29, 0.717) is 44.2 Å². The van der Waals surface area contributed by atoms with Crippen molar-refractivity contribution in [2.24, 2.45) is 0 Å². The van der Waals surface area contributed by atoms with Crippen LogP contribution in [-0.2, 0) is 22.4 Å². The van der Waals surface area contributed by atoms with Gasteiger partial charge < -0.3 is 14.3 Å². The molecule has 1 aliphatic heterocycles. The summed E-state index contributed by atoms with van der Waals surface area (Å²) in [6, 6.07) is 0. The molecule has 0 spiro atoms. The van der Waals surface area contributed by atoms with E-state index in [1.165, 1.54) is 0 Å². The Morgan fingerprint density at radius 1 is 1.14 bits per heavy atom. The van der Waals surface area contributed by atoms with Crippen molar-refractivity contribution in [1.29, 1.82) is 0 Å². The summed E-state index contributed by atoms with van der Waals surface area (Å²) < 4.78 is 5.14. The third-order valence-electron chi connectivity index (χ3n) is 3.83. The molecule has 2 amide bonds. The molecule has 22 heavy (non-hydrogen) atoms. The summed E-state index contributed by atoms with van der Waals surface area (Å²) in [6.07, 6.45) is 3.44. The molecule has 0 aromatic carbocycles. The van der Waals surface area contributed by atoms with Crippen molar-refractivity contribution in [2.75, 3.05) is 26.2 Å². The van der Waals surface area contributed by atoms with E-state index in [4.69, 9.17) is 4.52 Å². The Balaban J connectivity index is 1.80. The maximum absolute atomic E-state index is 12.3. The third-order valence-corrected chi connectivity index (χ3v) is 3.83. The van der Waals surface area contributed by atoms with Crippen LogP contribution in [0.1, 0.15) is 44.8 Å². The van der Waals surface area contributed by atoms with Gasteiger partial charge in [0.25, 0.3) is 0 Å². The molecule has 1 fully saturated rings. The average Bonchev–Trinajstić information content (AvgIpc) is 2.79. The van der Waals surface area contributed by atoms with Crippen molar-refractivity contribution < 1.29 is 14.1 Å². The molecular formula is C15H24N4O3. The van der Waals surface area contributed by atoms with Crippen LogP contribution in [-0.4, -0.2) is 57.9 Å². The Labute approximate surface area is 130 Å². The molecule has 0 N–H and O–H groups in total. The zero-order valence-electron chi connectivity index (χ0n) is 13.4. The van der Waals surface area contributed by atoms with Gasteiger partial charge in [-0.2, -0.15) is 4.98 Å². The summed E-state index contributed by atoms with van der Waals surface area (Å²) >= 11 is 0. The van der Waals surface area contributed by atoms with Crippen LogP contribution in [0.15, 0.2) is 4.52 Å². The molecule has 1 saturated heterocycles. The second-order valence-corrected chi connectivity index (χ2v) is 5.59. The number of aromatic nitrogens is 2. The molecule has 122 valence electrons. The van der Waals surface area contributed by atoms with E-state index in [9.17, 15) is 9.59 Å². The molecule has 0 unspecified atom stereocenters. The van der Waals surface area contributed by atoms with Crippen molar-refractivity contribution in [3.05, 3.63) is 11.7 Å². The summed E-state index contributed by atoms with van der Waals surface area (Å²) in [5, 5.41) is 3.89. The number of nitrogens with zero attached hydrogens (tertiary/aromatic N) is 4. The van der Waals surface area contributed by atoms with Gasteiger partial charge in [0.2, 0.25) is 17.7 Å². The lowest BCUT2D eigenvalue weighted by atomic mass is 10.2. The highest BCUT2D eigenvalue weighted by atomic mass is 16.5. The number of hydrogen-bond donors (Lipinski definition) is 0. The van der Waals surface area contributed by atoms with Crippen LogP contribution in [0.2, 0.25) is 0 Å². The second kappa shape index (κ2) is 7.91. The number of carbonyl (C=O) groups excluding carboxylic acids is 2. The first-order valence-electron chi connectivity index (χ1n) is 7.95. The smallest absolute Gasteiger partial charge is 0.227 e. The number of rotatable bonds is 5. The van der Waals surface area contributed by atoms with Crippen molar-refractivity contribution in [3.8, 4) is 0 Å². The molecule has 2 rings (SSSR count). The van der Waals surface area contributed by atoms with Crippen LogP contribution >= 0.6 is 0 Å². The van der Waals surface area contributed by atoms with Gasteiger partial charge in [-0.1, -0.05) is 12.1 Å². The standard InChI is InChI=1S/C15H24N4O3/c1-3-5-13-16-14(22-17-13)6-7-15(21)19-9-4-8-18(10-11-19)12(2)20/h3-11H2,1-2H3. The highest BCUT2D eigenvalue weighted by Crippen LogP contribution is 2.08. The van der Waals surface area contributed by atoms with E-state index in [1.807, 2.05) is 4.90 Å². The van der Waals surface area contributed by atoms with E-state index < -0.39 is 0 Å². The van der Waals surface area contributed by atoms with E-state index in [2.05, 4.69) is 17.1 Å². The number of aryl methyl sites for hydroxylation is 2. The van der Waals surface area contributed by atoms with Crippen molar-refractivity contribution in [3.63, 3.8) is 0 Å². The van der Waals surface area contributed by atoms with Gasteiger partial charge in [0.15, 0.2) is 5.82 Å². The van der Waals surface area contributed by atoms with E-state index >= 15 is 0 Å². The van der Waals surface area contributed by atoms with E-state index in [-0.39, 0.29) is 11.8 Å². The minimum Gasteiger partial charge on any atom is -0.341 e. The summed E-state index contributed by atoms with van der Waals surface area (Å²) in [5.41, 5.74) is 0. The molecule has 1 aliphatic rings. The van der Waals surface area contributed by atoms with Crippen LogP contribution in [0.25, 0.3) is 0 Å². The largest absolute Gasteiger partial charge is 0.341 e. The summed E-state index contributed by atoms with van der Waals surface area (Å²) in [5.74, 6) is 1.39. The Kier molecular flexibility index (Phi) is 5.91. The Hall–Kier alpha value is -1.92. The highest BCUT2D eigenvalue weighted by Gasteiger charge is 2.20. The minimum atomic E-state index is 0.0728. The zero-order chi connectivity index (χ0) is 15.9. The van der Waals surface area contributed by atoms with Gasteiger partial charge in [-0.15, -0.1) is 0 Å². The molecule has 1 aromatic rings. The zero-order valence-corrected chi connectivity index (χ0v) is 13.4. The van der Waals surface area contributed by atoms with Gasteiger partial charge >= 0.3 is 0 Å². The fourth-order valence-electron chi connectivity index (χ4n) is 2.57. The fraction of sp³-hybridized carbons (Fsp3) is 0.733. The van der Waals surface area contributed by atoms with Crippen LogP contribution in [0.4, 0.5) is 0 Å². The first-order chi connectivity index (χ1) is 10.6. The maximum atomic E-state index is 12.3. The lowest BCUT2D eigenvalue weighted by Gasteiger charge is -2.21. The van der Waals surface area contributed by atoms with Gasteiger partial charge in [-0.3, -0.25) is 9.59 Å². The maximum Gasteiger partial charge on any atom is 0.227 e. The Morgan fingerprint density at radius 2 is 1.86 bits per heavy atom. The Bertz CT molecular complexity index is 515. The molecule has 1 aromatic heterocycles. The van der Waals surface area contributed by atoms with Crippen molar-refractivity contribution in [1.82, 2.24) is 19.9 Å². The lowest BCUT2D eigenvalue weighted by Crippen LogP contribution is -2.36. The molecule has 0 aliphatic carbocycles. The predicted molar refractivity (Wildman–Crippen MR) is 80.1 cm³/mol. The van der Waals surface area contributed by atoms with Gasteiger partial charge in [0.05, 0.1) is 0 Å². The summed E-state index contributed by atoms with van der Waals surface area (Å²) in [7, 11) is 0. The summed E-state index contributed by atoms with van der Waals surface area (Å²) in [4.78, 5) is 31.5. The number of hydrogen-bond acceptors (Lipinski definition) is 5. The Morgan fingerprint density at radius 3 is 2.59 bits per heavy atom. The fourth-order valence-corrected chi connectivity index (χ4v) is 2.57. The normalized spacial score (nSPS) is 15.7. The average molecular weight is 308 g/mol. The molecule has 0 saturated carbocycles. The van der Waals surface area contributed by atoms with Crippen LogP contribution in [0, 0.1) is 0 Å². The topological polar surface area (TPSA) is 79.5 Å². The highest BCUT2D eigenvalue weighted by molar-refractivity contribution is 5.77. The molecule has 2 heterocycles.